The average Bonchev–Trinajstić information content (AvgIpc) is 3.46. The minimum atomic E-state index is -0.0115. The van der Waals surface area contributed by atoms with E-state index in [1.54, 1.807) is 0 Å². The van der Waals surface area contributed by atoms with Crippen molar-refractivity contribution >= 4 is 31.9 Å². The van der Waals surface area contributed by atoms with Crippen molar-refractivity contribution in [2.45, 2.75) is 116 Å². The molecule has 10 aromatic rings. The minimum Gasteiger partial charge on any atom is -0.305 e. The van der Waals surface area contributed by atoms with Crippen LogP contribution in [0, 0.1) is 18.2 Å². The molecule has 0 N–H and O–H groups in total. The fourth-order valence-electron chi connectivity index (χ4n) is 11.9. The summed E-state index contributed by atoms with van der Waals surface area (Å²) in [7, 11) is 0. The normalized spacial score (nSPS) is 15.7. The molecular weight excluding hydrogens is 1290 g/mol. The van der Waals surface area contributed by atoms with Gasteiger partial charge in [-0.25, -0.2) is 0 Å². The van der Waals surface area contributed by atoms with Gasteiger partial charge in [-0.15, -0.1) is 71.3 Å². The number of rotatable bonds is 10. The van der Waals surface area contributed by atoms with Crippen molar-refractivity contribution in [2.24, 2.45) is 0 Å². The van der Waals surface area contributed by atoms with Gasteiger partial charge in [0.25, 0.3) is 0 Å². The van der Waals surface area contributed by atoms with Gasteiger partial charge in [-0.3, -0.25) is 0 Å². The fourth-order valence-corrected chi connectivity index (χ4v) is 13.0. The maximum atomic E-state index is 4.91. The summed E-state index contributed by atoms with van der Waals surface area (Å²) in [6.07, 6.45) is 8.72. The molecule has 0 amide bonds. The monoisotopic (exact) mass is 1360 g/mol. The Labute approximate surface area is 511 Å². The average molecular weight is 1360 g/mol. The van der Waals surface area contributed by atoms with Crippen LogP contribution in [0.5, 0.6) is 0 Å². The second-order valence-corrected chi connectivity index (χ2v) is 26.6. The number of hydrogen-bond acceptors (Lipinski definition) is 3. The zero-order chi connectivity index (χ0) is 55.9. The van der Waals surface area contributed by atoms with Gasteiger partial charge in [0.1, 0.15) is 0 Å². The Morgan fingerprint density at radius 2 is 0.679 bits per heavy atom. The molecule has 0 spiro atoms. The molecule has 3 nitrogen and oxygen atoms in total. The van der Waals surface area contributed by atoms with Gasteiger partial charge < -0.3 is 15.0 Å². The van der Waals surface area contributed by atoms with E-state index in [0.29, 0.717) is 0 Å². The molecule has 1 fully saturated rings. The summed E-state index contributed by atoms with van der Waals surface area (Å²) in [6.45, 7) is 20.2. The third kappa shape index (κ3) is 12.5. The first-order valence-corrected chi connectivity index (χ1v) is 29.7. The summed E-state index contributed by atoms with van der Waals surface area (Å²) >= 11 is 8.19. The Bertz CT molecular complexity index is 3720. The summed E-state index contributed by atoms with van der Waals surface area (Å²) in [5.74, 6) is 0.645. The van der Waals surface area contributed by atoms with Crippen LogP contribution < -0.4 is 0 Å². The molecule has 0 saturated heterocycles. The Balaban J connectivity index is 0.00000736. The molecule has 3 aromatic heterocycles. The number of aromatic nitrogens is 3. The number of benzene rings is 7. The number of nitrogens with zero attached hydrogens (tertiary/aromatic N) is 3. The summed E-state index contributed by atoms with van der Waals surface area (Å²) in [5.41, 5.74) is 23.0. The van der Waals surface area contributed by atoms with Gasteiger partial charge >= 0.3 is 20.1 Å². The van der Waals surface area contributed by atoms with Crippen molar-refractivity contribution in [3.05, 3.63) is 255 Å². The van der Waals surface area contributed by atoms with Gasteiger partial charge in [-0.2, -0.15) is 0 Å². The van der Waals surface area contributed by atoms with E-state index in [1.165, 1.54) is 66.8 Å². The molecule has 1 saturated carbocycles. The molecule has 0 bridgehead atoms. The SMILES string of the molecule is CC(C)(C)c1ccnc(-c2[c-]cc(-c3ccccc3C3CC(c4ccccc4-c4c[c-]c(-c5cc(C(C)(C)C)ccn5)cc4Br)CC(c4ccccc4-c4c[c-]c(-c5cc(C(C)(C)C)ccn5)cc4-c4ccccc4)C3)c(Br)c2)c1.[Ir+3]. The second kappa shape index (κ2) is 23.8. The van der Waals surface area contributed by atoms with Crippen molar-refractivity contribution in [3.8, 4) is 78.3 Å². The van der Waals surface area contributed by atoms with Gasteiger partial charge in [-0.1, -0.05) is 263 Å². The number of halogens is 2. The van der Waals surface area contributed by atoms with Crippen LogP contribution in [0.4, 0.5) is 0 Å². The topological polar surface area (TPSA) is 38.7 Å². The van der Waals surface area contributed by atoms with Crippen LogP contribution in [-0.4, -0.2) is 15.0 Å². The van der Waals surface area contributed by atoms with E-state index in [4.69, 9.17) is 15.0 Å². The van der Waals surface area contributed by atoms with E-state index in [0.717, 1.165) is 73.1 Å². The zero-order valence-corrected chi connectivity index (χ0v) is 53.3. The van der Waals surface area contributed by atoms with Gasteiger partial charge in [-0.05, 0) is 127 Å². The second-order valence-electron chi connectivity index (χ2n) is 24.9. The van der Waals surface area contributed by atoms with Crippen molar-refractivity contribution in [1.82, 2.24) is 15.0 Å². The van der Waals surface area contributed by atoms with Crippen molar-refractivity contribution < 1.29 is 20.1 Å². The van der Waals surface area contributed by atoms with E-state index >= 15 is 0 Å². The van der Waals surface area contributed by atoms with Gasteiger partial charge in [0, 0.05) is 18.6 Å². The van der Waals surface area contributed by atoms with Crippen LogP contribution in [-0.2, 0) is 36.4 Å². The van der Waals surface area contributed by atoms with Crippen molar-refractivity contribution in [2.75, 3.05) is 0 Å². The van der Waals surface area contributed by atoms with Gasteiger partial charge in [0.15, 0.2) is 0 Å². The Hall–Kier alpha value is -6.40. The molecule has 1 aliphatic carbocycles. The van der Waals surface area contributed by atoms with Crippen LogP contribution >= 0.6 is 31.9 Å². The zero-order valence-electron chi connectivity index (χ0n) is 47.8. The van der Waals surface area contributed by atoms with E-state index in [1.807, 2.05) is 18.6 Å². The minimum absolute atomic E-state index is 0. The smallest absolute Gasteiger partial charge is 0.305 e. The summed E-state index contributed by atoms with van der Waals surface area (Å²) in [6, 6.07) is 75.6. The number of hydrogen-bond donors (Lipinski definition) is 0. The first-order valence-electron chi connectivity index (χ1n) is 28.1. The molecule has 2 atom stereocenters. The van der Waals surface area contributed by atoms with E-state index in [2.05, 4.69) is 288 Å². The summed E-state index contributed by atoms with van der Waals surface area (Å²) < 4.78 is 2.05. The Kier molecular flexibility index (Phi) is 17.0. The predicted octanol–water partition coefficient (Wildman–Crippen LogP) is 21.2. The van der Waals surface area contributed by atoms with Crippen LogP contribution in [0.25, 0.3) is 78.3 Å². The molecule has 6 heteroatoms. The van der Waals surface area contributed by atoms with E-state index in [-0.39, 0.29) is 54.1 Å². The Morgan fingerprint density at radius 3 is 1.04 bits per heavy atom. The molecule has 3 heterocycles. The quantitative estimate of drug-likeness (QED) is 0.128. The van der Waals surface area contributed by atoms with Crippen LogP contribution in [0.1, 0.15) is 133 Å². The molecule has 2 unspecified atom stereocenters. The van der Waals surface area contributed by atoms with E-state index < -0.39 is 0 Å². The maximum absolute atomic E-state index is 4.91. The van der Waals surface area contributed by atoms with Crippen LogP contribution in [0.3, 0.4) is 0 Å². The molecule has 81 heavy (non-hydrogen) atoms. The molecular formula is C75H68Br2IrN3. The molecule has 11 rings (SSSR count). The van der Waals surface area contributed by atoms with Crippen molar-refractivity contribution in [3.63, 3.8) is 0 Å². The van der Waals surface area contributed by atoms with Crippen molar-refractivity contribution in [1.29, 1.82) is 0 Å². The third-order valence-electron chi connectivity index (χ3n) is 16.3. The fraction of sp³-hybridized carbons (Fsp3) is 0.240. The first-order chi connectivity index (χ1) is 38.4. The molecule has 0 radical (unpaired) electrons. The Morgan fingerprint density at radius 1 is 0.358 bits per heavy atom. The number of pyridine rings is 3. The molecule has 0 aliphatic heterocycles. The maximum Gasteiger partial charge on any atom is 3.00 e. The van der Waals surface area contributed by atoms with Gasteiger partial charge in [0.2, 0.25) is 0 Å². The first kappa shape index (κ1) is 57.8. The van der Waals surface area contributed by atoms with Crippen LogP contribution in [0.15, 0.2) is 203 Å². The molecule has 406 valence electrons. The van der Waals surface area contributed by atoms with Crippen LogP contribution in [0.2, 0.25) is 0 Å². The largest absolute Gasteiger partial charge is 3.00 e. The summed E-state index contributed by atoms with van der Waals surface area (Å²) in [4.78, 5) is 14.5. The predicted molar refractivity (Wildman–Crippen MR) is 341 cm³/mol. The standard InChI is InChI=1S/C75H68Br2N3.Ir/c1-73(2,3)55-33-36-78-70(45-55)49-27-30-64(67(42-49)48-19-11-10-12-20-48)61-24-16-13-21-58(61)52-39-53(59-22-14-17-25-62(59)65-31-28-50(43-68(65)76)71-46-56(34-37-79-71)74(4,5)6)41-54(40-52)60-23-15-18-26-63(60)66-32-29-51(44-69(66)77)72-47-57(35-38-80-72)75(7,8)9;/h10-26,30-38,42-47,52-54H,39-41H2,1-9H3;/q-3;+3. The van der Waals surface area contributed by atoms with E-state index in [9.17, 15) is 0 Å². The summed E-state index contributed by atoms with van der Waals surface area (Å²) in [5, 5.41) is 0. The molecule has 7 aromatic carbocycles. The van der Waals surface area contributed by atoms with Gasteiger partial charge in [0.05, 0.1) is 0 Å². The molecule has 1 aliphatic rings. The third-order valence-corrected chi connectivity index (χ3v) is 17.6.